The zero-order chi connectivity index (χ0) is 13.7. The lowest BCUT2D eigenvalue weighted by atomic mass is 10.6. The maximum atomic E-state index is 5.51. The van der Waals surface area contributed by atoms with Crippen LogP contribution in [0.5, 0.6) is 0 Å². The van der Waals surface area contributed by atoms with E-state index in [4.69, 9.17) is 34.8 Å². The third-order valence-corrected chi connectivity index (χ3v) is 3.05. The first-order valence-electron chi connectivity index (χ1n) is 5.42. The van der Waals surface area contributed by atoms with Gasteiger partial charge in [-0.25, -0.2) is 0 Å². The Kier molecular flexibility index (Phi) is 64.1. The van der Waals surface area contributed by atoms with Crippen LogP contribution in [0.25, 0.3) is 0 Å². The van der Waals surface area contributed by atoms with E-state index < -0.39 is 0 Å². The van der Waals surface area contributed by atoms with Gasteiger partial charge in [0, 0.05) is 62.1 Å². The van der Waals surface area contributed by atoms with Gasteiger partial charge in [0.2, 0.25) is 0 Å². The summed E-state index contributed by atoms with van der Waals surface area (Å²) in [7, 11) is 4.24. The summed E-state index contributed by atoms with van der Waals surface area (Å²) in [6.07, 6.45) is 0. The van der Waals surface area contributed by atoms with E-state index in [0.717, 1.165) is 25.5 Å². The molecular formula is C14H39Cl3I3N2+. The van der Waals surface area contributed by atoms with Gasteiger partial charge in [0.1, 0.15) is 13.1 Å². The largest absolute Gasteiger partial charge is 0.316 e. The van der Waals surface area contributed by atoms with Gasteiger partial charge in [0.05, 0.1) is 19.5 Å². The van der Waals surface area contributed by atoms with Crippen LogP contribution in [0.15, 0.2) is 0 Å². The quantitative estimate of drug-likeness (QED) is 0.124. The maximum Gasteiger partial charge on any atom is 0.128 e. The van der Waals surface area contributed by atoms with Crippen LogP contribution in [0.2, 0.25) is 0 Å². The molecule has 1 saturated heterocycles. The zero-order valence-corrected chi connectivity index (χ0v) is 19.8. The van der Waals surface area contributed by atoms with Gasteiger partial charge in [-0.1, -0.05) is 29.7 Å². The lowest BCUT2D eigenvalue weighted by molar-refractivity contribution is -0.774. The Balaban J connectivity index is -0.0000000305. The third-order valence-electron chi connectivity index (χ3n) is 2.54. The van der Waals surface area contributed by atoms with E-state index in [1.54, 1.807) is 0 Å². The highest BCUT2D eigenvalue weighted by molar-refractivity contribution is 15.0. The molecule has 8 heteroatoms. The smallest absolute Gasteiger partial charge is 0.128 e. The molecule has 0 amide bonds. The topological polar surface area (TPSA) is 3.24 Å². The average molecular weight is 723 g/mol. The second kappa shape index (κ2) is 31.7. The van der Waals surface area contributed by atoms with Crippen molar-refractivity contribution in [2.24, 2.45) is 0 Å². The molecule has 1 rings (SSSR count). The predicted molar refractivity (Wildman–Crippen MR) is 141 cm³/mol. The lowest BCUT2D eigenvalue weighted by Crippen LogP contribution is -2.22. The van der Waals surface area contributed by atoms with E-state index in [9.17, 15) is 0 Å². The summed E-state index contributed by atoms with van der Waals surface area (Å²) >= 11 is 20.6. The Morgan fingerprint density at radius 3 is 1.32 bits per heavy atom. The van der Waals surface area contributed by atoms with Crippen molar-refractivity contribution in [2.75, 3.05) is 64.5 Å². The SMILES string of the molecule is C.C.C.C.CN(CCCl)CCCl.C[N+]1(CCCl)CC1.I.II. The van der Waals surface area contributed by atoms with Crippen molar-refractivity contribution >= 4 is 96.0 Å². The first-order valence-corrected chi connectivity index (χ1v) is 13.3. The van der Waals surface area contributed by atoms with Crippen molar-refractivity contribution in [1.82, 2.24) is 4.90 Å². The number of hydrogen-bond acceptors (Lipinski definition) is 1. The molecule has 1 aliphatic heterocycles. The molecule has 0 aromatic carbocycles. The van der Waals surface area contributed by atoms with Crippen molar-refractivity contribution in [1.29, 1.82) is 0 Å². The molecule has 22 heavy (non-hydrogen) atoms. The van der Waals surface area contributed by atoms with Gasteiger partial charge in [0.25, 0.3) is 0 Å². The fourth-order valence-corrected chi connectivity index (χ4v) is 1.98. The van der Waals surface area contributed by atoms with Gasteiger partial charge in [0.15, 0.2) is 0 Å². The highest BCUT2D eigenvalue weighted by Crippen LogP contribution is 2.15. The molecule has 0 radical (unpaired) electrons. The monoisotopic (exact) mass is 721 g/mol. The molecule has 0 N–H and O–H groups in total. The minimum absolute atomic E-state index is 0. The van der Waals surface area contributed by atoms with Crippen LogP contribution in [0.3, 0.4) is 0 Å². The van der Waals surface area contributed by atoms with Crippen molar-refractivity contribution in [3.05, 3.63) is 0 Å². The molecule has 1 aliphatic rings. The third kappa shape index (κ3) is 34.3. The summed E-state index contributed by atoms with van der Waals surface area (Å²) in [4.78, 5) is 2.10. The van der Waals surface area contributed by atoms with Crippen LogP contribution < -0.4 is 0 Å². The summed E-state index contributed by atoms with van der Waals surface area (Å²) in [5, 5.41) is 0. The molecule has 1 heterocycles. The molecule has 146 valence electrons. The van der Waals surface area contributed by atoms with Gasteiger partial charge in [-0.2, -0.15) is 0 Å². The van der Waals surface area contributed by atoms with Crippen molar-refractivity contribution < 1.29 is 4.48 Å². The Bertz CT molecular complexity index is 160. The summed E-state index contributed by atoms with van der Waals surface area (Å²) in [5.41, 5.74) is 0. The number of quaternary nitrogens is 1. The van der Waals surface area contributed by atoms with Crippen LogP contribution >= 0.6 is 96.0 Å². The van der Waals surface area contributed by atoms with Gasteiger partial charge < -0.3 is 9.38 Å². The number of likely N-dealkylation sites (N-methyl/N-ethyl adjacent to an activating group) is 1. The Morgan fingerprint density at radius 2 is 1.18 bits per heavy atom. The van der Waals surface area contributed by atoms with E-state index in [-0.39, 0.29) is 53.7 Å². The maximum absolute atomic E-state index is 5.51. The number of nitrogens with zero attached hydrogens (tertiary/aromatic N) is 2. The van der Waals surface area contributed by atoms with Crippen LogP contribution in [-0.2, 0) is 0 Å². The standard InChI is InChI=1S/C5H11Cl2N.C5H11ClN.4CH4.I2.HI/c1-8(4-2-6)5-3-7;1-7(3-2-6)4-5-7;;;;;1-2;/h2-5H2,1H3;2-5H2,1H3;4*1H4;;1H/q;+1;;;;;;. The number of rotatable bonds is 6. The number of halogens is 6. The number of hydrogen-bond donors (Lipinski definition) is 0. The molecule has 1 fully saturated rings. The van der Waals surface area contributed by atoms with Crippen molar-refractivity contribution in [3.8, 4) is 0 Å². The van der Waals surface area contributed by atoms with Crippen molar-refractivity contribution in [2.45, 2.75) is 29.7 Å². The van der Waals surface area contributed by atoms with Gasteiger partial charge in [-0.15, -0.1) is 58.8 Å². The highest BCUT2D eigenvalue weighted by atomic mass is 128. The molecule has 0 bridgehead atoms. The van der Waals surface area contributed by atoms with E-state index in [1.165, 1.54) is 17.6 Å². The van der Waals surface area contributed by atoms with Crippen LogP contribution in [0, 0.1) is 0 Å². The van der Waals surface area contributed by atoms with Crippen LogP contribution in [0.1, 0.15) is 29.7 Å². The minimum atomic E-state index is 0. The molecule has 0 aromatic heterocycles. The molecule has 0 spiro atoms. The predicted octanol–water partition coefficient (Wildman–Crippen LogP) is 7.02. The van der Waals surface area contributed by atoms with Crippen LogP contribution in [-0.4, -0.2) is 73.8 Å². The Morgan fingerprint density at radius 1 is 0.864 bits per heavy atom. The second-order valence-corrected chi connectivity index (χ2v) is 5.29. The second-order valence-electron chi connectivity index (χ2n) is 4.16. The fraction of sp³-hybridized carbons (Fsp3) is 1.00. The Labute approximate surface area is 197 Å². The molecule has 0 saturated carbocycles. The van der Waals surface area contributed by atoms with Gasteiger partial charge in [-0.05, 0) is 7.05 Å². The van der Waals surface area contributed by atoms with Crippen LogP contribution in [0.4, 0.5) is 0 Å². The molecule has 0 aliphatic carbocycles. The molecule has 0 unspecified atom stereocenters. The Hall–Kier alpha value is 2.98. The van der Waals surface area contributed by atoms with Crippen molar-refractivity contribution in [3.63, 3.8) is 0 Å². The molecule has 2 nitrogen and oxygen atoms in total. The lowest BCUT2D eigenvalue weighted by Gasteiger charge is -2.11. The zero-order valence-electron chi connectivity index (χ0n) is 10.8. The molecule has 0 atom stereocenters. The molecule has 0 aromatic rings. The minimum Gasteiger partial charge on any atom is -0.316 e. The van der Waals surface area contributed by atoms with E-state index >= 15 is 0 Å². The van der Waals surface area contributed by atoms with E-state index in [0.29, 0.717) is 11.8 Å². The fourth-order valence-electron chi connectivity index (χ4n) is 0.999. The van der Waals surface area contributed by atoms with Gasteiger partial charge in [-0.3, -0.25) is 0 Å². The summed E-state index contributed by atoms with van der Waals surface area (Å²) in [6, 6.07) is 0. The number of alkyl halides is 3. The summed E-state index contributed by atoms with van der Waals surface area (Å²) in [6.45, 7) is 5.68. The van der Waals surface area contributed by atoms with E-state index in [1.807, 2.05) is 7.05 Å². The summed E-state index contributed by atoms with van der Waals surface area (Å²) < 4.78 is 1.21. The summed E-state index contributed by atoms with van der Waals surface area (Å²) in [5.74, 6) is 2.19. The normalized spacial score (nSPS) is 12.0. The highest BCUT2D eigenvalue weighted by Gasteiger charge is 2.35. The molecular weight excluding hydrogens is 683 g/mol. The van der Waals surface area contributed by atoms with E-state index in [2.05, 4.69) is 49.2 Å². The first-order chi connectivity index (χ1) is 8.08. The first kappa shape index (κ1) is 44.4. The average Bonchev–Trinajstić information content (AvgIpc) is 3.01. The van der Waals surface area contributed by atoms with Gasteiger partial charge >= 0.3 is 0 Å².